The average molecular weight is 510 g/mol. The molecule has 7 nitrogen and oxygen atoms in total. The molecular weight excluding hydrogens is 486 g/mol. The molecule has 37 heavy (non-hydrogen) atoms. The number of hydrogen-bond acceptors (Lipinski definition) is 6. The number of carbonyl (C=O) groups excluding carboxylic acids is 1. The molecule has 5 aromatic rings. The van der Waals surface area contributed by atoms with Crippen molar-refractivity contribution in [1.29, 1.82) is 0 Å². The van der Waals surface area contributed by atoms with E-state index in [2.05, 4.69) is 27.8 Å². The minimum Gasteiger partial charge on any atom is -0.496 e. The maximum absolute atomic E-state index is 12.9. The second-order valence-electron chi connectivity index (χ2n) is 8.09. The number of hydrogen-bond donors (Lipinski definition) is 2. The van der Waals surface area contributed by atoms with Gasteiger partial charge in [0.2, 0.25) is 5.89 Å². The van der Waals surface area contributed by atoms with E-state index in [1.807, 2.05) is 48.5 Å². The number of anilines is 1. The normalized spacial score (nSPS) is 10.6. The van der Waals surface area contributed by atoms with Crippen LogP contribution in [0.4, 0.5) is 5.69 Å². The number of nitrogens with zero attached hydrogens (tertiary/aromatic N) is 1. The molecule has 0 fully saturated rings. The summed E-state index contributed by atoms with van der Waals surface area (Å²) >= 11 is 5.36. The van der Waals surface area contributed by atoms with Gasteiger partial charge in [-0.2, -0.15) is 0 Å². The van der Waals surface area contributed by atoms with Crippen LogP contribution >= 0.6 is 12.2 Å². The summed E-state index contributed by atoms with van der Waals surface area (Å²) in [7, 11) is 2.97. The lowest BCUT2D eigenvalue weighted by molar-refractivity contribution is 0.0971. The Morgan fingerprint density at radius 2 is 1.46 bits per heavy atom. The van der Waals surface area contributed by atoms with Gasteiger partial charge in [-0.3, -0.25) is 10.1 Å². The molecule has 0 saturated heterocycles. The van der Waals surface area contributed by atoms with Crippen LogP contribution in [-0.2, 0) is 0 Å². The highest BCUT2D eigenvalue weighted by Crippen LogP contribution is 2.29. The molecule has 4 aromatic carbocycles. The molecule has 0 radical (unpaired) electrons. The average Bonchev–Trinajstić information content (AvgIpc) is 3.36. The fourth-order valence-electron chi connectivity index (χ4n) is 3.97. The number of methoxy groups -OCH3 is 2. The predicted molar refractivity (Wildman–Crippen MR) is 148 cm³/mol. The summed E-state index contributed by atoms with van der Waals surface area (Å²) in [6, 6.07) is 28.8. The van der Waals surface area contributed by atoms with Crippen molar-refractivity contribution in [3.8, 4) is 34.1 Å². The van der Waals surface area contributed by atoms with Gasteiger partial charge in [-0.05, 0) is 65.8 Å². The van der Waals surface area contributed by atoms with Gasteiger partial charge in [-0.25, -0.2) is 4.98 Å². The minimum absolute atomic E-state index is 0.123. The number of aromatic nitrogens is 1. The first-order valence-corrected chi connectivity index (χ1v) is 11.9. The van der Waals surface area contributed by atoms with Gasteiger partial charge in [0, 0.05) is 11.3 Å². The van der Waals surface area contributed by atoms with Crippen molar-refractivity contribution in [2.75, 3.05) is 19.5 Å². The third kappa shape index (κ3) is 5.14. The van der Waals surface area contributed by atoms with Crippen molar-refractivity contribution in [1.82, 2.24) is 10.3 Å². The molecule has 2 N–H and O–H groups in total. The van der Waals surface area contributed by atoms with Crippen LogP contribution in [0.2, 0.25) is 0 Å². The Balaban J connectivity index is 1.30. The van der Waals surface area contributed by atoms with Crippen LogP contribution in [0.15, 0.2) is 95.4 Å². The Morgan fingerprint density at radius 1 is 0.811 bits per heavy atom. The molecule has 1 amide bonds. The van der Waals surface area contributed by atoms with Crippen LogP contribution in [0.3, 0.4) is 0 Å². The van der Waals surface area contributed by atoms with E-state index in [0.717, 1.165) is 16.7 Å². The molecule has 184 valence electrons. The summed E-state index contributed by atoms with van der Waals surface area (Å²) in [6.45, 7) is 0. The molecule has 0 bridgehead atoms. The molecule has 0 spiro atoms. The zero-order valence-electron chi connectivity index (χ0n) is 20.1. The van der Waals surface area contributed by atoms with Gasteiger partial charge in [-0.15, -0.1) is 0 Å². The Bertz CT molecular complexity index is 1560. The van der Waals surface area contributed by atoms with Crippen LogP contribution in [0.1, 0.15) is 10.4 Å². The predicted octanol–water partition coefficient (Wildman–Crippen LogP) is 6.31. The van der Waals surface area contributed by atoms with E-state index in [1.54, 1.807) is 30.3 Å². The first-order valence-electron chi connectivity index (χ1n) is 11.5. The smallest absolute Gasteiger partial charge is 0.264 e. The number of fused-ring (bicyclic) bond motifs is 1. The Kier molecular flexibility index (Phi) is 6.83. The minimum atomic E-state index is -0.449. The maximum Gasteiger partial charge on any atom is 0.264 e. The highest BCUT2D eigenvalue weighted by atomic mass is 32.1. The Labute approximate surface area is 219 Å². The van der Waals surface area contributed by atoms with E-state index in [1.165, 1.54) is 14.2 Å². The lowest BCUT2D eigenvalue weighted by Gasteiger charge is -2.14. The number of ether oxygens (including phenoxy) is 2. The number of oxazole rings is 1. The van der Waals surface area contributed by atoms with Crippen LogP contribution in [0, 0.1) is 0 Å². The second-order valence-corrected chi connectivity index (χ2v) is 8.50. The zero-order chi connectivity index (χ0) is 25.8. The number of amides is 1. The lowest BCUT2D eigenvalue weighted by Crippen LogP contribution is -2.34. The number of rotatable bonds is 6. The van der Waals surface area contributed by atoms with Gasteiger partial charge in [0.05, 0.1) is 14.2 Å². The van der Waals surface area contributed by atoms with Gasteiger partial charge >= 0.3 is 0 Å². The molecule has 1 heterocycles. The van der Waals surface area contributed by atoms with E-state index in [4.69, 9.17) is 26.1 Å². The van der Waals surface area contributed by atoms with E-state index >= 15 is 0 Å². The van der Waals surface area contributed by atoms with Gasteiger partial charge in [0.1, 0.15) is 22.6 Å². The number of nitrogens with one attached hydrogen (secondary N) is 2. The summed E-state index contributed by atoms with van der Waals surface area (Å²) in [5.74, 6) is 0.836. The molecule has 0 aliphatic heterocycles. The van der Waals surface area contributed by atoms with E-state index < -0.39 is 5.91 Å². The summed E-state index contributed by atoms with van der Waals surface area (Å²) < 4.78 is 16.6. The Morgan fingerprint density at radius 3 is 2.14 bits per heavy atom. The first-order chi connectivity index (χ1) is 18.1. The molecule has 8 heteroatoms. The number of carbonyl (C=O) groups is 1. The zero-order valence-corrected chi connectivity index (χ0v) is 21.0. The van der Waals surface area contributed by atoms with Crippen molar-refractivity contribution in [3.63, 3.8) is 0 Å². The highest BCUT2D eigenvalue weighted by molar-refractivity contribution is 7.80. The summed E-state index contributed by atoms with van der Waals surface area (Å²) in [5.41, 5.74) is 5.35. The SMILES string of the molecule is COc1cccc(OC)c1C(=O)NC(=S)Nc1ccc2oc(-c3ccc(-c4ccccc4)cc3)nc2c1. The second kappa shape index (κ2) is 10.5. The molecule has 0 atom stereocenters. The highest BCUT2D eigenvalue weighted by Gasteiger charge is 2.19. The quantitative estimate of drug-likeness (QED) is 0.260. The fourth-order valence-corrected chi connectivity index (χ4v) is 4.18. The molecule has 0 unspecified atom stereocenters. The van der Waals surface area contributed by atoms with E-state index in [9.17, 15) is 4.79 Å². The monoisotopic (exact) mass is 509 g/mol. The van der Waals surface area contributed by atoms with Crippen molar-refractivity contribution < 1.29 is 18.7 Å². The fraction of sp³-hybridized carbons (Fsp3) is 0.0690. The summed E-state index contributed by atoms with van der Waals surface area (Å²) in [4.78, 5) is 17.5. The standard InChI is InChI=1S/C29H23N3O4S/c1-34-24-9-6-10-25(35-2)26(24)27(33)32-29(37)30-21-15-16-23-22(17-21)31-28(36-23)20-13-11-19(12-14-20)18-7-4-3-5-8-18/h3-17H,1-2H3,(H2,30,32,33,37). The van der Waals surface area contributed by atoms with E-state index in [0.29, 0.717) is 34.2 Å². The van der Waals surface area contributed by atoms with Crippen molar-refractivity contribution in [2.24, 2.45) is 0 Å². The van der Waals surface area contributed by atoms with Gasteiger partial charge in [0.25, 0.3) is 5.91 Å². The van der Waals surface area contributed by atoms with Crippen LogP contribution in [0.5, 0.6) is 11.5 Å². The topological polar surface area (TPSA) is 85.6 Å². The van der Waals surface area contributed by atoms with Crippen LogP contribution in [-0.4, -0.2) is 30.2 Å². The molecule has 0 aliphatic rings. The number of thiocarbonyl (C=S) groups is 1. The molecule has 0 saturated carbocycles. The molecule has 0 aliphatic carbocycles. The number of benzene rings is 4. The summed E-state index contributed by atoms with van der Waals surface area (Å²) in [6.07, 6.45) is 0. The maximum atomic E-state index is 12.9. The molecule has 5 rings (SSSR count). The van der Waals surface area contributed by atoms with Crippen molar-refractivity contribution in [3.05, 3.63) is 96.6 Å². The third-order valence-electron chi connectivity index (χ3n) is 5.77. The van der Waals surface area contributed by atoms with Gasteiger partial charge < -0.3 is 19.2 Å². The van der Waals surface area contributed by atoms with Crippen molar-refractivity contribution >= 4 is 40.0 Å². The molecule has 1 aromatic heterocycles. The summed E-state index contributed by atoms with van der Waals surface area (Å²) in [5, 5.41) is 5.81. The third-order valence-corrected chi connectivity index (χ3v) is 5.97. The largest absolute Gasteiger partial charge is 0.496 e. The van der Waals surface area contributed by atoms with Crippen LogP contribution in [0.25, 0.3) is 33.7 Å². The van der Waals surface area contributed by atoms with Gasteiger partial charge in [-0.1, -0.05) is 48.5 Å². The first kappa shape index (κ1) is 24.0. The van der Waals surface area contributed by atoms with Gasteiger partial charge in [0.15, 0.2) is 10.7 Å². The van der Waals surface area contributed by atoms with E-state index in [-0.39, 0.29) is 10.7 Å². The Hall–Kier alpha value is -4.69. The molecular formula is C29H23N3O4S. The van der Waals surface area contributed by atoms with Crippen molar-refractivity contribution in [2.45, 2.75) is 0 Å². The van der Waals surface area contributed by atoms with Crippen LogP contribution < -0.4 is 20.1 Å². The lowest BCUT2D eigenvalue weighted by atomic mass is 10.0.